The molecule has 27 heavy (non-hydrogen) atoms. The lowest BCUT2D eigenvalue weighted by molar-refractivity contribution is -0.196. The van der Waals surface area contributed by atoms with Crippen LogP contribution in [0.3, 0.4) is 0 Å². The van der Waals surface area contributed by atoms with Gasteiger partial charge in [0.05, 0.1) is 6.61 Å². The van der Waals surface area contributed by atoms with Crippen LogP contribution in [0.2, 0.25) is 0 Å². The highest BCUT2D eigenvalue weighted by atomic mass is 19.4. The van der Waals surface area contributed by atoms with E-state index in [1.807, 2.05) is 0 Å². The highest BCUT2D eigenvalue weighted by Crippen LogP contribution is 2.37. The van der Waals surface area contributed by atoms with E-state index in [9.17, 15) is 40.7 Å². The van der Waals surface area contributed by atoms with Gasteiger partial charge in [0.1, 0.15) is 6.10 Å². The minimum Gasteiger partial charge on any atom is -0.449 e. The standard InChI is InChI=1S/C14H12F6O7/c1-12(2)24-4-6(27-12)8-5(3-7(21)13(15,16)17)9(10(22)25-8)26-11(23)14(18,19)20/h6,8H,3-4H2,1-2H3. The number of hydrogen-bond donors (Lipinski definition) is 0. The summed E-state index contributed by atoms with van der Waals surface area (Å²) in [4.78, 5) is 34.0. The normalized spacial score (nSPS) is 25.6. The number of alkyl halides is 6. The Morgan fingerprint density at radius 2 is 1.74 bits per heavy atom. The number of hydrogen-bond acceptors (Lipinski definition) is 7. The number of ether oxygens (including phenoxy) is 4. The monoisotopic (exact) mass is 406 g/mol. The first-order valence-electron chi connectivity index (χ1n) is 7.26. The largest absolute Gasteiger partial charge is 0.491 e. The summed E-state index contributed by atoms with van der Waals surface area (Å²) in [6, 6.07) is 0. The Balaban J connectivity index is 2.38. The Morgan fingerprint density at radius 3 is 2.19 bits per heavy atom. The molecule has 0 saturated carbocycles. The Morgan fingerprint density at radius 1 is 1.15 bits per heavy atom. The highest BCUT2D eigenvalue weighted by molar-refractivity contribution is 5.96. The molecule has 2 aliphatic rings. The molecule has 0 bridgehead atoms. The first-order chi connectivity index (χ1) is 12.1. The zero-order valence-corrected chi connectivity index (χ0v) is 13.7. The Kier molecular flexibility index (Phi) is 5.31. The summed E-state index contributed by atoms with van der Waals surface area (Å²) < 4.78 is 93.9. The van der Waals surface area contributed by atoms with Gasteiger partial charge < -0.3 is 18.9 Å². The van der Waals surface area contributed by atoms with E-state index in [1.54, 1.807) is 0 Å². The molecule has 0 aromatic heterocycles. The van der Waals surface area contributed by atoms with Gasteiger partial charge >= 0.3 is 24.3 Å². The Labute approximate surface area is 147 Å². The third-order valence-corrected chi connectivity index (χ3v) is 3.52. The summed E-state index contributed by atoms with van der Waals surface area (Å²) in [5.74, 6) is -9.50. The maximum atomic E-state index is 12.6. The molecule has 0 spiro atoms. The number of rotatable bonds is 4. The fourth-order valence-electron chi connectivity index (χ4n) is 2.38. The topological polar surface area (TPSA) is 88.1 Å². The third kappa shape index (κ3) is 4.77. The number of Topliss-reactive ketones (excluding diaryl/α,β-unsaturated/α-hetero) is 1. The lowest BCUT2D eigenvalue weighted by Gasteiger charge is -2.22. The van der Waals surface area contributed by atoms with Crippen molar-refractivity contribution < 1.29 is 59.7 Å². The van der Waals surface area contributed by atoms with Crippen LogP contribution in [-0.2, 0) is 33.3 Å². The lowest BCUT2D eigenvalue weighted by atomic mass is 9.99. The van der Waals surface area contributed by atoms with Crippen LogP contribution < -0.4 is 0 Å². The molecule has 2 heterocycles. The SMILES string of the molecule is CC1(C)OCC(C2OC(=O)C(OC(=O)C(F)(F)F)=C2CC(=O)C(F)(F)F)O1. The molecule has 7 nitrogen and oxygen atoms in total. The van der Waals surface area contributed by atoms with E-state index in [0.717, 1.165) is 0 Å². The van der Waals surface area contributed by atoms with E-state index >= 15 is 0 Å². The van der Waals surface area contributed by atoms with Crippen molar-refractivity contribution in [2.75, 3.05) is 6.61 Å². The van der Waals surface area contributed by atoms with Crippen LogP contribution in [0.15, 0.2) is 11.3 Å². The molecule has 1 fully saturated rings. The van der Waals surface area contributed by atoms with E-state index in [1.165, 1.54) is 13.8 Å². The number of carbonyl (C=O) groups is 3. The van der Waals surface area contributed by atoms with Crippen LogP contribution in [0.5, 0.6) is 0 Å². The number of halogens is 6. The van der Waals surface area contributed by atoms with E-state index in [2.05, 4.69) is 4.74 Å². The smallest absolute Gasteiger partial charge is 0.449 e. The van der Waals surface area contributed by atoms with Crippen molar-refractivity contribution in [3.8, 4) is 0 Å². The molecule has 2 atom stereocenters. The number of ketones is 1. The summed E-state index contributed by atoms with van der Waals surface area (Å²) in [7, 11) is 0. The molecule has 0 aromatic rings. The van der Waals surface area contributed by atoms with Crippen molar-refractivity contribution in [2.45, 2.75) is 50.6 Å². The minimum atomic E-state index is -5.53. The van der Waals surface area contributed by atoms with Crippen LogP contribution in [0, 0.1) is 0 Å². The van der Waals surface area contributed by atoms with Gasteiger partial charge in [-0.3, -0.25) is 4.79 Å². The van der Waals surface area contributed by atoms with Crippen LogP contribution in [0.25, 0.3) is 0 Å². The van der Waals surface area contributed by atoms with Gasteiger partial charge in [0, 0.05) is 12.0 Å². The van der Waals surface area contributed by atoms with Crippen molar-refractivity contribution in [2.24, 2.45) is 0 Å². The van der Waals surface area contributed by atoms with Crippen molar-refractivity contribution in [3.05, 3.63) is 11.3 Å². The Hall–Kier alpha value is -2.15. The summed E-state index contributed by atoms with van der Waals surface area (Å²) in [5.41, 5.74) is -0.883. The maximum absolute atomic E-state index is 12.6. The summed E-state index contributed by atoms with van der Waals surface area (Å²) in [5, 5.41) is 0. The van der Waals surface area contributed by atoms with Gasteiger partial charge in [-0.05, 0) is 13.8 Å². The zero-order chi connectivity index (χ0) is 20.8. The first kappa shape index (κ1) is 21.2. The van der Waals surface area contributed by atoms with Crippen molar-refractivity contribution >= 4 is 17.7 Å². The fraction of sp³-hybridized carbons (Fsp3) is 0.643. The molecule has 2 aliphatic heterocycles. The Bertz CT molecular complexity index is 691. The predicted molar refractivity (Wildman–Crippen MR) is 69.6 cm³/mol. The van der Waals surface area contributed by atoms with Gasteiger partial charge in [-0.15, -0.1) is 0 Å². The molecule has 152 valence electrons. The van der Waals surface area contributed by atoms with Gasteiger partial charge in [-0.25, -0.2) is 9.59 Å². The van der Waals surface area contributed by atoms with Crippen LogP contribution in [0.1, 0.15) is 20.3 Å². The van der Waals surface area contributed by atoms with Crippen LogP contribution in [0.4, 0.5) is 26.3 Å². The van der Waals surface area contributed by atoms with E-state index in [-0.39, 0.29) is 6.61 Å². The van der Waals surface area contributed by atoms with Crippen LogP contribution in [-0.4, -0.2) is 54.7 Å². The zero-order valence-electron chi connectivity index (χ0n) is 13.7. The number of carbonyl (C=O) groups excluding carboxylic acids is 3. The van der Waals surface area contributed by atoms with Gasteiger partial charge in [0.15, 0.2) is 11.9 Å². The predicted octanol–water partition coefficient (Wildman–Crippen LogP) is 1.94. The van der Waals surface area contributed by atoms with E-state index in [0.29, 0.717) is 0 Å². The molecule has 0 radical (unpaired) electrons. The average molecular weight is 406 g/mol. The third-order valence-electron chi connectivity index (χ3n) is 3.52. The van der Waals surface area contributed by atoms with E-state index < -0.39 is 65.8 Å². The van der Waals surface area contributed by atoms with Gasteiger partial charge in [0.2, 0.25) is 11.5 Å². The molecular weight excluding hydrogens is 394 g/mol. The molecule has 0 N–H and O–H groups in total. The summed E-state index contributed by atoms with van der Waals surface area (Å²) in [6.07, 6.45) is -15.3. The minimum absolute atomic E-state index is 0.296. The quantitative estimate of drug-likeness (QED) is 0.521. The molecule has 0 aromatic carbocycles. The number of esters is 2. The number of cyclic esters (lactones) is 1. The second-order valence-corrected chi connectivity index (χ2v) is 6.03. The average Bonchev–Trinajstić information content (AvgIpc) is 2.98. The van der Waals surface area contributed by atoms with Gasteiger partial charge in [0.25, 0.3) is 0 Å². The summed E-state index contributed by atoms with van der Waals surface area (Å²) >= 11 is 0. The molecule has 13 heteroatoms. The van der Waals surface area contributed by atoms with Gasteiger partial charge in [-0.1, -0.05) is 0 Å². The van der Waals surface area contributed by atoms with Crippen molar-refractivity contribution in [3.63, 3.8) is 0 Å². The molecule has 0 aliphatic carbocycles. The summed E-state index contributed by atoms with van der Waals surface area (Å²) in [6.45, 7) is 2.56. The molecule has 2 unspecified atom stereocenters. The molecule has 1 saturated heterocycles. The van der Waals surface area contributed by atoms with Crippen molar-refractivity contribution in [1.29, 1.82) is 0 Å². The second kappa shape index (κ2) is 6.78. The van der Waals surface area contributed by atoms with Crippen molar-refractivity contribution in [1.82, 2.24) is 0 Å². The maximum Gasteiger partial charge on any atom is 0.491 e. The highest BCUT2D eigenvalue weighted by Gasteiger charge is 2.51. The van der Waals surface area contributed by atoms with Gasteiger partial charge in [-0.2, -0.15) is 26.3 Å². The molecule has 2 rings (SSSR count). The second-order valence-electron chi connectivity index (χ2n) is 6.03. The first-order valence-corrected chi connectivity index (χ1v) is 7.26. The fourth-order valence-corrected chi connectivity index (χ4v) is 2.38. The molecule has 0 amide bonds. The molecular formula is C14H12F6O7. The lowest BCUT2D eigenvalue weighted by Crippen LogP contribution is -2.34. The van der Waals surface area contributed by atoms with E-state index in [4.69, 9.17) is 14.2 Å². The van der Waals surface area contributed by atoms with Crippen LogP contribution >= 0.6 is 0 Å².